The maximum absolute atomic E-state index is 13.5. The van der Waals surface area contributed by atoms with E-state index < -0.39 is 17.6 Å². The smallest absolute Gasteiger partial charge is 0.407 e. The van der Waals surface area contributed by atoms with Gasteiger partial charge in [0.25, 0.3) is 0 Å². The van der Waals surface area contributed by atoms with Gasteiger partial charge in [-0.15, -0.1) is 0 Å². The molecule has 3 atom stereocenters. The van der Waals surface area contributed by atoms with Crippen LogP contribution < -0.4 is 10.3 Å². The summed E-state index contributed by atoms with van der Waals surface area (Å²) in [4.78, 5) is 31.6. The number of phenolic OH excluding ortho intramolecular Hbond substituents is 1. The molecule has 2 aromatic carbocycles. The summed E-state index contributed by atoms with van der Waals surface area (Å²) in [5.41, 5.74) is 1.77. The summed E-state index contributed by atoms with van der Waals surface area (Å²) in [6.07, 6.45) is 3.26. The van der Waals surface area contributed by atoms with Crippen LogP contribution in [0.5, 0.6) is 5.75 Å². The van der Waals surface area contributed by atoms with Crippen LogP contribution in [0.15, 0.2) is 45.6 Å². The largest absolute Gasteiger partial charge is 0.507 e. The summed E-state index contributed by atoms with van der Waals surface area (Å²) in [7, 11) is 1.96. The summed E-state index contributed by atoms with van der Waals surface area (Å²) >= 11 is 6.48. The molecule has 1 aromatic heterocycles. The molecule has 1 saturated carbocycles. The number of amides is 1. The Morgan fingerprint density at radius 1 is 1.05 bits per heavy atom. The van der Waals surface area contributed by atoms with E-state index >= 15 is 0 Å². The fourth-order valence-electron chi connectivity index (χ4n) is 6.69. The lowest BCUT2D eigenvalue weighted by Gasteiger charge is -2.38. The normalized spacial score (nSPS) is 23.9. The minimum absolute atomic E-state index is 0.0498. The molecule has 0 bridgehead atoms. The standard InChI is InChI=1S/C31H36ClN3O6/c1-33-13-11-21(26(38)17-33)28-23(34-12-5-4-6-19(16-34)35(31(39)40)18-9-10-18)14-24(36)29-25(37)15-27(41-30(28)29)20-7-2-3-8-22(20)32/h2-3,7-8,14-15,18-19,21,26,36,38H,4-6,9-13,16-17H2,1H3,(H,39,40)/t19?,21-,26+/m0/s1. The van der Waals surface area contributed by atoms with Crippen molar-refractivity contribution in [2.24, 2.45) is 0 Å². The first-order chi connectivity index (χ1) is 19.7. The van der Waals surface area contributed by atoms with Gasteiger partial charge in [0.1, 0.15) is 22.5 Å². The van der Waals surface area contributed by atoms with Crippen molar-refractivity contribution in [1.29, 1.82) is 0 Å². The molecule has 3 aromatic rings. The van der Waals surface area contributed by atoms with Crippen LogP contribution in [0.2, 0.25) is 5.02 Å². The molecule has 3 fully saturated rings. The molecule has 1 aliphatic carbocycles. The number of halogens is 1. The van der Waals surface area contributed by atoms with Crippen LogP contribution in [0.3, 0.4) is 0 Å². The molecule has 10 heteroatoms. The van der Waals surface area contributed by atoms with Crippen LogP contribution in [0, 0.1) is 0 Å². The van der Waals surface area contributed by atoms with E-state index in [4.69, 9.17) is 16.0 Å². The van der Waals surface area contributed by atoms with Crippen molar-refractivity contribution in [2.75, 3.05) is 38.1 Å². The molecule has 3 aliphatic rings. The number of carboxylic acid groups (broad SMARTS) is 1. The SMILES string of the molecule is CN1CC[C@H](c2c(N3CCCCC(N(C(=O)O)C4CC4)C3)cc(O)c3c(=O)cc(-c4ccccc4Cl)oc23)[C@H](O)C1. The highest BCUT2D eigenvalue weighted by molar-refractivity contribution is 6.33. The molecule has 0 radical (unpaired) electrons. The van der Waals surface area contributed by atoms with E-state index in [2.05, 4.69) is 9.80 Å². The van der Waals surface area contributed by atoms with E-state index in [9.17, 15) is 24.9 Å². The summed E-state index contributed by atoms with van der Waals surface area (Å²) in [6, 6.07) is 9.92. The van der Waals surface area contributed by atoms with Gasteiger partial charge >= 0.3 is 6.09 Å². The van der Waals surface area contributed by atoms with E-state index in [-0.39, 0.29) is 40.5 Å². The second kappa shape index (κ2) is 11.2. The fraction of sp³-hybridized carbons (Fsp3) is 0.484. The Hall–Kier alpha value is -3.27. The lowest BCUT2D eigenvalue weighted by molar-refractivity contribution is 0.0640. The van der Waals surface area contributed by atoms with Crippen LogP contribution in [-0.2, 0) is 0 Å². The second-order valence-corrected chi connectivity index (χ2v) is 12.1. The summed E-state index contributed by atoms with van der Waals surface area (Å²) < 4.78 is 6.47. The Kier molecular flexibility index (Phi) is 7.61. The van der Waals surface area contributed by atoms with Crippen molar-refractivity contribution >= 4 is 34.4 Å². The average Bonchev–Trinajstić information content (AvgIpc) is 3.77. The van der Waals surface area contributed by atoms with Crippen molar-refractivity contribution in [3.8, 4) is 17.1 Å². The number of piperidine rings is 1. The Labute approximate surface area is 243 Å². The number of benzene rings is 2. The predicted octanol–water partition coefficient (Wildman–Crippen LogP) is 5.10. The summed E-state index contributed by atoms with van der Waals surface area (Å²) in [6.45, 7) is 2.31. The van der Waals surface area contributed by atoms with Gasteiger partial charge in [-0.05, 0) is 64.3 Å². The van der Waals surface area contributed by atoms with Crippen molar-refractivity contribution in [2.45, 2.75) is 62.6 Å². The molecular formula is C31H36ClN3O6. The van der Waals surface area contributed by atoms with Gasteiger partial charge in [-0.3, -0.25) is 4.79 Å². The van der Waals surface area contributed by atoms with E-state index in [1.54, 1.807) is 29.2 Å². The maximum Gasteiger partial charge on any atom is 0.407 e. The molecule has 218 valence electrons. The first-order valence-corrected chi connectivity index (χ1v) is 14.8. The number of rotatable bonds is 5. The molecule has 3 N–H and O–H groups in total. The van der Waals surface area contributed by atoms with E-state index in [1.807, 2.05) is 13.1 Å². The lowest BCUT2D eigenvalue weighted by Crippen LogP contribution is -2.47. The minimum atomic E-state index is -0.901. The van der Waals surface area contributed by atoms with Crippen molar-refractivity contribution < 1.29 is 24.5 Å². The number of hydrogen-bond acceptors (Lipinski definition) is 7. The van der Waals surface area contributed by atoms with Gasteiger partial charge in [-0.2, -0.15) is 0 Å². The van der Waals surface area contributed by atoms with E-state index in [0.717, 1.165) is 38.6 Å². The topological polar surface area (TPSA) is 118 Å². The highest BCUT2D eigenvalue weighted by atomic mass is 35.5. The average molecular weight is 582 g/mol. The molecule has 41 heavy (non-hydrogen) atoms. The Morgan fingerprint density at radius 2 is 1.83 bits per heavy atom. The molecule has 3 heterocycles. The third kappa shape index (κ3) is 5.38. The number of phenols is 1. The number of aromatic hydroxyl groups is 1. The quantitative estimate of drug-likeness (QED) is 0.381. The zero-order chi connectivity index (χ0) is 28.8. The van der Waals surface area contributed by atoms with Crippen LogP contribution in [-0.4, -0.2) is 82.6 Å². The summed E-state index contributed by atoms with van der Waals surface area (Å²) in [5, 5.41) is 33.1. The number of β-amino-alcohol motifs (C(OH)–C–C–N with tert-alkyl or cyclic N) is 1. The van der Waals surface area contributed by atoms with Crippen LogP contribution in [0.4, 0.5) is 10.5 Å². The highest BCUT2D eigenvalue weighted by Gasteiger charge is 2.40. The Bertz CT molecular complexity index is 1520. The van der Waals surface area contributed by atoms with Crippen molar-refractivity contribution in [3.05, 3.63) is 57.2 Å². The third-order valence-electron chi connectivity index (χ3n) is 8.83. The number of nitrogens with zero attached hydrogens (tertiary/aromatic N) is 3. The molecule has 6 rings (SSSR count). The molecule has 2 aliphatic heterocycles. The number of likely N-dealkylation sites (N-methyl/N-ethyl adjacent to an activating group) is 1. The van der Waals surface area contributed by atoms with Gasteiger partial charge in [0.15, 0.2) is 5.43 Å². The van der Waals surface area contributed by atoms with Crippen molar-refractivity contribution in [3.63, 3.8) is 0 Å². The monoisotopic (exact) mass is 581 g/mol. The van der Waals surface area contributed by atoms with Crippen LogP contribution in [0.25, 0.3) is 22.3 Å². The maximum atomic E-state index is 13.5. The third-order valence-corrected chi connectivity index (χ3v) is 9.16. The van der Waals surface area contributed by atoms with E-state index in [1.165, 1.54) is 6.07 Å². The van der Waals surface area contributed by atoms with Gasteiger partial charge in [0, 0.05) is 60.5 Å². The zero-order valence-electron chi connectivity index (χ0n) is 23.1. The number of aliphatic hydroxyl groups excluding tert-OH is 1. The first-order valence-electron chi connectivity index (χ1n) is 14.4. The fourth-order valence-corrected chi connectivity index (χ4v) is 6.92. The number of carbonyl (C=O) groups is 1. The molecule has 0 spiro atoms. The van der Waals surface area contributed by atoms with Gasteiger partial charge in [-0.1, -0.05) is 23.7 Å². The predicted molar refractivity (Wildman–Crippen MR) is 158 cm³/mol. The van der Waals surface area contributed by atoms with E-state index in [0.29, 0.717) is 47.9 Å². The zero-order valence-corrected chi connectivity index (χ0v) is 23.9. The molecule has 9 nitrogen and oxygen atoms in total. The van der Waals surface area contributed by atoms with Gasteiger partial charge in [-0.25, -0.2) is 4.79 Å². The van der Waals surface area contributed by atoms with Crippen molar-refractivity contribution in [1.82, 2.24) is 9.80 Å². The first kappa shape index (κ1) is 27.9. The Balaban J connectivity index is 1.55. The number of anilines is 1. The molecule has 1 amide bonds. The second-order valence-electron chi connectivity index (χ2n) is 11.7. The summed E-state index contributed by atoms with van der Waals surface area (Å²) in [5.74, 6) is -0.263. The lowest BCUT2D eigenvalue weighted by atomic mass is 9.84. The Morgan fingerprint density at radius 3 is 2.54 bits per heavy atom. The molecule has 2 saturated heterocycles. The number of fused-ring (bicyclic) bond motifs is 1. The highest BCUT2D eigenvalue weighted by Crippen LogP contribution is 2.45. The van der Waals surface area contributed by atoms with Gasteiger partial charge in [0.2, 0.25) is 0 Å². The minimum Gasteiger partial charge on any atom is -0.507 e. The van der Waals surface area contributed by atoms with Gasteiger partial charge < -0.3 is 34.4 Å². The molecule has 1 unspecified atom stereocenters. The molecular weight excluding hydrogens is 546 g/mol. The van der Waals surface area contributed by atoms with Crippen LogP contribution >= 0.6 is 11.6 Å². The number of aliphatic hydroxyl groups is 1. The van der Waals surface area contributed by atoms with Gasteiger partial charge in [0.05, 0.1) is 17.2 Å². The number of likely N-dealkylation sites (tertiary alicyclic amines) is 1. The van der Waals surface area contributed by atoms with Crippen LogP contribution in [0.1, 0.15) is 50.0 Å². The number of hydrogen-bond donors (Lipinski definition) is 3.